The topological polar surface area (TPSA) is 49.8 Å². The summed E-state index contributed by atoms with van der Waals surface area (Å²) >= 11 is 0. The van der Waals surface area contributed by atoms with Crippen LogP contribution in [0.1, 0.15) is 32.6 Å². The number of hydrogen-bond donors (Lipinski definition) is 1. The van der Waals surface area contributed by atoms with Crippen LogP contribution in [-0.4, -0.2) is 47.3 Å². The van der Waals surface area contributed by atoms with Crippen molar-refractivity contribution in [3.63, 3.8) is 0 Å². The van der Waals surface area contributed by atoms with Gasteiger partial charge in [-0.2, -0.15) is 0 Å². The zero-order chi connectivity index (χ0) is 11.0. The summed E-state index contributed by atoms with van der Waals surface area (Å²) in [5.74, 6) is -0.129. The lowest BCUT2D eigenvalue weighted by atomic mass is 10.0. The first-order valence-corrected chi connectivity index (χ1v) is 5.71. The number of rotatable bonds is 2. The third kappa shape index (κ3) is 2.01. The summed E-state index contributed by atoms with van der Waals surface area (Å²) in [6, 6.07) is 0.600. The Morgan fingerprint density at radius 3 is 2.87 bits per heavy atom. The first-order chi connectivity index (χ1) is 7.11. The second-order valence-electron chi connectivity index (χ2n) is 4.63. The summed E-state index contributed by atoms with van der Waals surface area (Å²) in [5.41, 5.74) is 0. The molecule has 0 amide bonds. The molecule has 2 fully saturated rings. The zero-order valence-corrected chi connectivity index (χ0v) is 9.35. The number of hydrogen-bond acceptors (Lipinski definition) is 4. The van der Waals surface area contributed by atoms with Crippen LogP contribution in [0.2, 0.25) is 0 Å². The molecule has 0 aromatic carbocycles. The molecule has 2 unspecified atom stereocenters. The van der Waals surface area contributed by atoms with Crippen LogP contribution in [0.3, 0.4) is 0 Å². The molecule has 0 aromatic rings. The molecule has 0 spiro atoms. The minimum Gasteiger partial charge on any atom is -0.461 e. The van der Waals surface area contributed by atoms with E-state index in [2.05, 4.69) is 11.9 Å². The van der Waals surface area contributed by atoms with Crippen LogP contribution in [0.15, 0.2) is 0 Å². The van der Waals surface area contributed by atoms with Gasteiger partial charge in [0.1, 0.15) is 6.10 Å². The van der Waals surface area contributed by atoms with E-state index in [4.69, 9.17) is 4.74 Å². The maximum atomic E-state index is 11.2. The largest absolute Gasteiger partial charge is 0.461 e. The van der Waals surface area contributed by atoms with Crippen molar-refractivity contribution in [2.75, 3.05) is 7.05 Å². The van der Waals surface area contributed by atoms with E-state index in [1.165, 1.54) is 0 Å². The molecule has 2 heterocycles. The Morgan fingerprint density at radius 2 is 2.20 bits per heavy atom. The molecule has 0 aromatic heterocycles. The Balaban J connectivity index is 2.01. The molecular formula is C11H19NO3. The lowest BCUT2D eigenvalue weighted by Crippen LogP contribution is -2.44. The fourth-order valence-electron chi connectivity index (χ4n) is 2.77. The van der Waals surface area contributed by atoms with Crippen LogP contribution >= 0.6 is 0 Å². The van der Waals surface area contributed by atoms with Gasteiger partial charge < -0.3 is 9.84 Å². The first-order valence-electron chi connectivity index (χ1n) is 5.71. The Bertz CT molecular complexity index is 256. The molecule has 0 radical (unpaired) electrons. The van der Waals surface area contributed by atoms with Crippen molar-refractivity contribution in [1.82, 2.24) is 4.90 Å². The number of ether oxygens (including phenoxy) is 1. The average molecular weight is 213 g/mol. The van der Waals surface area contributed by atoms with E-state index < -0.39 is 0 Å². The number of carbonyl (C=O) groups excluding carboxylic acids is 1. The molecular weight excluding hydrogens is 194 g/mol. The highest BCUT2D eigenvalue weighted by Gasteiger charge is 2.46. The van der Waals surface area contributed by atoms with Crippen molar-refractivity contribution < 1.29 is 14.6 Å². The van der Waals surface area contributed by atoms with Gasteiger partial charge in [-0.25, -0.2) is 0 Å². The van der Waals surface area contributed by atoms with Gasteiger partial charge in [-0.15, -0.1) is 0 Å². The second-order valence-corrected chi connectivity index (χ2v) is 4.63. The standard InChI is InChI=1S/C11H19NO3/c1-3-11(14)15-10-5-7-4-8(13)6-9(10)12(7)2/h7-10,13H,3-6H2,1-2H3/t7-,8?,9+,10?/m0/s1. The van der Waals surface area contributed by atoms with Crippen LogP contribution in [0, 0.1) is 0 Å². The van der Waals surface area contributed by atoms with Crippen LogP contribution in [0.4, 0.5) is 0 Å². The first kappa shape index (κ1) is 10.9. The van der Waals surface area contributed by atoms with Gasteiger partial charge in [0.25, 0.3) is 0 Å². The van der Waals surface area contributed by atoms with Gasteiger partial charge >= 0.3 is 5.97 Å². The van der Waals surface area contributed by atoms with Crippen molar-refractivity contribution >= 4 is 5.97 Å². The predicted molar refractivity (Wildman–Crippen MR) is 55.4 cm³/mol. The van der Waals surface area contributed by atoms with Crippen molar-refractivity contribution in [1.29, 1.82) is 0 Å². The Labute approximate surface area is 90.2 Å². The maximum absolute atomic E-state index is 11.2. The number of aliphatic hydroxyl groups excluding tert-OH is 1. The van der Waals surface area contributed by atoms with Crippen LogP contribution in [0.5, 0.6) is 0 Å². The molecule has 15 heavy (non-hydrogen) atoms. The van der Waals surface area contributed by atoms with Crippen LogP contribution < -0.4 is 0 Å². The van der Waals surface area contributed by atoms with Crippen LogP contribution in [0.25, 0.3) is 0 Å². The van der Waals surface area contributed by atoms with Crippen molar-refractivity contribution in [3.05, 3.63) is 0 Å². The molecule has 1 N–H and O–H groups in total. The minimum atomic E-state index is -0.221. The van der Waals surface area contributed by atoms with E-state index in [9.17, 15) is 9.90 Å². The number of nitrogens with zero attached hydrogens (tertiary/aromatic N) is 1. The molecule has 2 aliphatic rings. The molecule has 4 atom stereocenters. The molecule has 4 heteroatoms. The van der Waals surface area contributed by atoms with Gasteiger partial charge in [-0.05, 0) is 19.9 Å². The summed E-state index contributed by atoms with van der Waals surface area (Å²) in [6.07, 6.45) is 2.62. The lowest BCUT2D eigenvalue weighted by Gasteiger charge is -2.34. The lowest BCUT2D eigenvalue weighted by molar-refractivity contribution is -0.150. The van der Waals surface area contributed by atoms with Crippen molar-refractivity contribution in [2.24, 2.45) is 0 Å². The molecule has 0 aliphatic carbocycles. The van der Waals surface area contributed by atoms with E-state index in [-0.39, 0.29) is 24.2 Å². The normalized spacial score (nSPS) is 40.5. The SMILES string of the molecule is CCC(=O)OC1C[C@@H]2CC(O)C[C@H]1N2C. The van der Waals surface area contributed by atoms with E-state index in [0.717, 1.165) is 19.3 Å². The number of carbonyl (C=O) groups is 1. The molecule has 2 saturated heterocycles. The monoisotopic (exact) mass is 213 g/mol. The highest BCUT2D eigenvalue weighted by Crippen LogP contribution is 2.36. The summed E-state index contributed by atoms with van der Waals surface area (Å²) in [5, 5.41) is 9.65. The van der Waals surface area contributed by atoms with Gasteiger partial charge in [-0.1, -0.05) is 6.92 Å². The minimum absolute atomic E-state index is 0.00963. The third-order valence-corrected chi connectivity index (χ3v) is 3.66. The number of esters is 1. The van der Waals surface area contributed by atoms with Crippen molar-refractivity contribution in [2.45, 2.75) is 56.9 Å². The highest BCUT2D eigenvalue weighted by atomic mass is 16.5. The van der Waals surface area contributed by atoms with Crippen molar-refractivity contribution in [3.8, 4) is 0 Å². The third-order valence-electron chi connectivity index (χ3n) is 3.66. The predicted octanol–water partition coefficient (Wildman–Crippen LogP) is 0.536. The summed E-state index contributed by atoms with van der Waals surface area (Å²) in [6.45, 7) is 1.81. The van der Waals surface area contributed by atoms with Gasteiger partial charge in [0.05, 0.1) is 6.10 Å². The van der Waals surface area contributed by atoms with Gasteiger partial charge in [0.2, 0.25) is 0 Å². The zero-order valence-electron chi connectivity index (χ0n) is 9.35. The maximum Gasteiger partial charge on any atom is 0.305 e. The smallest absolute Gasteiger partial charge is 0.305 e. The van der Waals surface area contributed by atoms with E-state index in [1.54, 1.807) is 0 Å². The Hall–Kier alpha value is -0.610. The Kier molecular flexibility index (Phi) is 2.98. The van der Waals surface area contributed by atoms with E-state index in [0.29, 0.717) is 12.5 Å². The highest BCUT2D eigenvalue weighted by molar-refractivity contribution is 5.69. The van der Waals surface area contributed by atoms with Gasteiger partial charge in [-0.3, -0.25) is 9.69 Å². The molecule has 2 rings (SSSR count). The quantitative estimate of drug-likeness (QED) is 0.680. The molecule has 86 valence electrons. The number of likely N-dealkylation sites (N-methyl/N-ethyl adjacent to an activating group) is 1. The van der Waals surface area contributed by atoms with Crippen LogP contribution in [-0.2, 0) is 9.53 Å². The summed E-state index contributed by atoms with van der Waals surface area (Å²) in [7, 11) is 2.06. The average Bonchev–Trinajstić information content (AvgIpc) is 2.38. The molecule has 2 bridgehead atoms. The molecule has 2 aliphatic heterocycles. The fourth-order valence-corrected chi connectivity index (χ4v) is 2.77. The second kappa shape index (κ2) is 4.10. The number of aliphatic hydroxyl groups is 1. The fraction of sp³-hybridized carbons (Fsp3) is 0.909. The van der Waals surface area contributed by atoms with Gasteiger partial charge in [0.15, 0.2) is 0 Å². The number of fused-ring (bicyclic) bond motifs is 2. The number of piperidine rings is 1. The summed E-state index contributed by atoms with van der Waals surface area (Å²) in [4.78, 5) is 13.5. The van der Waals surface area contributed by atoms with E-state index in [1.807, 2.05) is 6.92 Å². The summed E-state index contributed by atoms with van der Waals surface area (Å²) < 4.78 is 5.40. The Morgan fingerprint density at radius 1 is 1.47 bits per heavy atom. The van der Waals surface area contributed by atoms with Gasteiger partial charge in [0, 0.05) is 24.9 Å². The van der Waals surface area contributed by atoms with E-state index >= 15 is 0 Å². The molecule has 4 nitrogen and oxygen atoms in total. The molecule has 0 saturated carbocycles.